The van der Waals surface area contributed by atoms with Gasteiger partial charge >= 0.3 is 11.9 Å². The van der Waals surface area contributed by atoms with Crippen LogP contribution in [0.2, 0.25) is 0 Å². The summed E-state index contributed by atoms with van der Waals surface area (Å²) in [4.78, 5) is 48.5. The van der Waals surface area contributed by atoms with E-state index < -0.39 is 23.9 Å². The molecule has 6 aromatic carbocycles. The Labute approximate surface area is 355 Å². The number of ether oxygens (including phenoxy) is 6. The van der Waals surface area contributed by atoms with Gasteiger partial charge in [0.1, 0.15) is 28.7 Å². The SMILES string of the molecule is CCCCCOc1ccc(C(=O)Oc2ccc(OC(=O)[c-]3[cH-][cH-][cH-][cH-]3)cc2)cc1.CCCCCOc1ccc(C(=O)Oc2ccc(OC(=O)[c-]3cccc3)cc2)cc1.[Fe]. The van der Waals surface area contributed by atoms with Crippen LogP contribution in [-0.4, -0.2) is 37.1 Å². The Kier molecular flexibility index (Phi) is 18.7. The van der Waals surface area contributed by atoms with Crippen LogP contribution >= 0.6 is 0 Å². The van der Waals surface area contributed by atoms with Crippen molar-refractivity contribution in [1.82, 2.24) is 0 Å². The number of carbonyl (C=O) groups excluding carboxylic acids is 4. The molecule has 59 heavy (non-hydrogen) atoms. The average molecular weight is 839 g/mol. The Bertz CT molecular complexity index is 1980. The molecular formula is C48H46FeO10-6. The van der Waals surface area contributed by atoms with Crippen molar-refractivity contribution >= 4 is 23.9 Å². The number of unbranched alkanes of at least 4 members (excludes halogenated alkanes) is 4. The van der Waals surface area contributed by atoms with Gasteiger partial charge in [-0.05, 0) is 110 Å². The molecule has 6 aromatic rings. The molecule has 0 atom stereocenters. The zero-order valence-corrected chi connectivity index (χ0v) is 34.1. The Morgan fingerprint density at radius 2 is 0.831 bits per heavy atom. The summed E-state index contributed by atoms with van der Waals surface area (Å²) in [6.07, 6.45) is 6.58. The van der Waals surface area contributed by atoms with E-state index in [2.05, 4.69) is 13.8 Å². The summed E-state index contributed by atoms with van der Waals surface area (Å²) in [5, 5.41) is 0. The summed E-state index contributed by atoms with van der Waals surface area (Å²) in [5.74, 6) is 1.14. The topological polar surface area (TPSA) is 124 Å². The van der Waals surface area contributed by atoms with Crippen LogP contribution in [0.5, 0.6) is 34.5 Å². The number of esters is 4. The van der Waals surface area contributed by atoms with Crippen LogP contribution in [0.3, 0.4) is 0 Å². The predicted molar refractivity (Wildman–Crippen MR) is 220 cm³/mol. The molecule has 0 aromatic heterocycles. The molecule has 0 amide bonds. The Morgan fingerprint density at radius 1 is 0.475 bits per heavy atom. The first-order chi connectivity index (χ1) is 28.3. The quantitative estimate of drug-likeness (QED) is 0.0272. The first kappa shape index (κ1) is 45.3. The standard InChI is InChI=1S/2C24H23O5.Fe/c2*1-2-3-6-17-27-20-11-9-19(10-12-20)24(26)29-22-15-13-21(14-16-22)28-23(25)18-7-4-5-8-18;/h2*4-5,7-16H,2-3,6,17H2,1H3;/q-5;-1;. The monoisotopic (exact) mass is 838 g/mol. The Hall–Kier alpha value is -6.42. The molecule has 10 nitrogen and oxygen atoms in total. The maximum absolute atomic E-state index is 12.3. The van der Waals surface area contributed by atoms with E-state index in [0.717, 1.165) is 50.0 Å². The smallest absolute Gasteiger partial charge is 0.343 e. The molecule has 0 unspecified atom stereocenters. The minimum atomic E-state index is -0.468. The minimum Gasteiger partial charge on any atom is -0.680 e. The van der Waals surface area contributed by atoms with Gasteiger partial charge in [0.15, 0.2) is 0 Å². The molecule has 0 aliphatic carbocycles. The number of rotatable bonds is 18. The van der Waals surface area contributed by atoms with E-state index in [4.69, 9.17) is 28.4 Å². The van der Waals surface area contributed by atoms with Crippen LogP contribution in [0, 0.1) is 0 Å². The van der Waals surface area contributed by atoms with E-state index in [-0.39, 0.29) is 17.1 Å². The van der Waals surface area contributed by atoms with E-state index in [0.29, 0.717) is 58.5 Å². The third-order valence-corrected chi connectivity index (χ3v) is 8.50. The van der Waals surface area contributed by atoms with Crippen LogP contribution in [0.15, 0.2) is 146 Å². The van der Waals surface area contributed by atoms with Crippen molar-refractivity contribution < 1.29 is 64.7 Å². The van der Waals surface area contributed by atoms with E-state index in [1.807, 2.05) is 0 Å². The van der Waals surface area contributed by atoms with Crippen molar-refractivity contribution in [3.05, 3.63) is 168 Å². The van der Waals surface area contributed by atoms with E-state index in [9.17, 15) is 19.2 Å². The largest absolute Gasteiger partial charge is 0.680 e. The molecule has 0 saturated carbocycles. The number of carbonyl (C=O) groups is 4. The first-order valence-electron chi connectivity index (χ1n) is 19.3. The van der Waals surface area contributed by atoms with E-state index in [1.165, 1.54) is 0 Å². The molecule has 0 N–H and O–H groups in total. The second-order valence-corrected chi connectivity index (χ2v) is 13.0. The Morgan fingerprint density at radius 3 is 1.22 bits per heavy atom. The molecule has 6 rings (SSSR count). The van der Waals surface area contributed by atoms with E-state index >= 15 is 0 Å². The van der Waals surface area contributed by atoms with E-state index in [1.54, 1.807) is 146 Å². The zero-order chi connectivity index (χ0) is 41.0. The second-order valence-electron chi connectivity index (χ2n) is 13.0. The maximum atomic E-state index is 12.3. The summed E-state index contributed by atoms with van der Waals surface area (Å²) in [6, 6.07) is 40.2. The van der Waals surface area contributed by atoms with Crippen molar-refractivity contribution in [3.63, 3.8) is 0 Å². The van der Waals surface area contributed by atoms with Crippen LogP contribution in [0.25, 0.3) is 0 Å². The van der Waals surface area contributed by atoms with Gasteiger partial charge in [-0.2, -0.15) is 12.1 Å². The summed E-state index contributed by atoms with van der Waals surface area (Å²) in [7, 11) is 0. The van der Waals surface area contributed by atoms with Gasteiger partial charge in [-0.15, -0.1) is 0 Å². The van der Waals surface area contributed by atoms with Gasteiger partial charge in [-0.25, -0.2) is 21.7 Å². The van der Waals surface area contributed by atoms with Gasteiger partial charge in [0.05, 0.1) is 30.1 Å². The fourth-order valence-electron chi connectivity index (χ4n) is 5.29. The number of hydrogen-bond donors (Lipinski definition) is 0. The van der Waals surface area contributed by atoms with Crippen molar-refractivity contribution in [2.45, 2.75) is 52.4 Å². The fraction of sp³-hybridized carbons (Fsp3) is 0.208. The molecule has 0 heterocycles. The summed E-state index contributed by atoms with van der Waals surface area (Å²) in [6.45, 7) is 5.62. The van der Waals surface area contributed by atoms with Crippen molar-refractivity contribution in [2.24, 2.45) is 0 Å². The molecule has 0 aliphatic heterocycles. The molecule has 0 fully saturated rings. The number of benzene rings is 4. The average Bonchev–Trinajstić information content (AvgIpc) is 4.00. The zero-order valence-electron chi connectivity index (χ0n) is 32.9. The molecule has 0 saturated heterocycles. The summed E-state index contributed by atoms with van der Waals surface area (Å²) in [5.41, 5.74) is 1.83. The third-order valence-electron chi connectivity index (χ3n) is 8.50. The molecule has 312 valence electrons. The second kappa shape index (κ2) is 24.4. The van der Waals surface area contributed by atoms with Gasteiger partial charge in [-0.3, -0.25) is 4.79 Å². The van der Waals surface area contributed by atoms with Crippen LogP contribution in [0.1, 0.15) is 93.8 Å². The third kappa shape index (κ3) is 15.1. The molecule has 0 bridgehead atoms. The molecule has 0 aliphatic rings. The fourth-order valence-corrected chi connectivity index (χ4v) is 5.29. The minimum absolute atomic E-state index is 0. The molecular weight excluding hydrogens is 792 g/mol. The number of hydrogen-bond acceptors (Lipinski definition) is 10. The van der Waals surface area contributed by atoms with Crippen LogP contribution in [0.4, 0.5) is 0 Å². The van der Waals surface area contributed by atoms with Crippen LogP contribution < -0.4 is 28.4 Å². The van der Waals surface area contributed by atoms with Crippen LogP contribution in [-0.2, 0) is 17.1 Å². The van der Waals surface area contributed by atoms with Gasteiger partial charge in [0, 0.05) is 17.1 Å². The van der Waals surface area contributed by atoms with Gasteiger partial charge in [-0.1, -0.05) is 51.1 Å². The maximum Gasteiger partial charge on any atom is 0.343 e. The van der Waals surface area contributed by atoms with Gasteiger partial charge in [0.25, 0.3) is 5.97 Å². The molecule has 0 radical (unpaired) electrons. The van der Waals surface area contributed by atoms with Crippen molar-refractivity contribution in [3.8, 4) is 34.5 Å². The normalized spacial score (nSPS) is 10.2. The summed E-state index contributed by atoms with van der Waals surface area (Å²) >= 11 is 0. The molecule has 0 spiro atoms. The van der Waals surface area contributed by atoms with Gasteiger partial charge < -0.3 is 63.0 Å². The van der Waals surface area contributed by atoms with Gasteiger partial charge in [0.2, 0.25) is 0 Å². The summed E-state index contributed by atoms with van der Waals surface area (Å²) < 4.78 is 32.6. The molecule has 11 heteroatoms. The first-order valence-corrected chi connectivity index (χ1v) is 19.3. The Balaban J connectivity index is 0.000000256. The van der Waals surface area contributed by atoms with Crippen molar-refractivity contribution in [1.29, 1.82) is 0 Å². The predicted octanol–water partition coefficient (Wildman–Crippen LogP) is 10.8. The van der Waals surface area contributed by atoms with Crippen molar-refractivity contribution in [2.75, 3.05) is 13.2 Å².